The molecule has 1 N–H and O–H groups in total. The molecular weight excluding hydrogens is 440 g/mol. The number of rotatable bonds is 4. The zero-order chi connectivity index (χ0) is 23.1. The molecule has 1 aliphatic heterocycles. The zero-order valence-corrected chi connectivity index (χ0v) is 17.7. The van der Waals surface area contributed by atoms with Crippen LogP contribution in [0.15, 0.2) is 60.7 Å². The Balaban J connectivity index is 0.000000913. The van der Waals surface area contributed by atoms with Crippen LogP contribution in [0.2, 0.25) is 5.02 Å². The maximum Gasteiger partial charge on any atom is 0.290 e. The van der Waals surface area contributed by atoms with Crippen molar-refractivity contribution >= 4 is 24.0 Å². The third-order valence-corrected chi connectivity index (χ3v) is 5.13. The number of hydrogen-bond acceptors (Lipinski definition) is 3. The van der Waals surface area contributed by atoms with E-state index in [9.17, 15) is 13.6 Å². The third-order valence-electron chi connectivity index (χ3n) is 4.89. The highest BCUT2D eigenvalue weighted by molar-refractivity contribution is 6.31. The second-order valence-electron chi connectivity index (χ2n) is 6.98. The van der Waals surface area contributed by atoms with Crippen molar-refractivity contribution in [2.45, 2.75) is 12.8 Å². The van der Waals surface area contributed by atoms with Gasteiger partial charge in [0.25, 0.3) is 12.4 Å². The normalized spacial score (nSPS) is 12.7. The minimum Gasteiger partial charge on any atom is -0.483 e. The van der Waals surface area contributed by atoms with Crippen molar-refractivity contribution in [2.24, 2.45) is 0 Å². The van der Waals surface area contributed by atoms with Crippen LogP contribution in [-0.2, 0) is 4.79 Å². The van der Waals surface area contributed by atoms with Crippen LogP contribution in [0.3, 0.4) is 0 Å². The molecule has 0 saturated carbocycles. The molecule has 1 amide bonds. The third kappa shape index (κ3) is 5.42. The van der Waals surface area contributed by atoms with Gasteiger partial charge >= 0.3 is 0 Å². The first-order valence-corrected chi connectivity index (χ1v) is 10.2. The molecule has 0 aliphatic carbocycles. The van der Waals surface area contributed by atoms with Crippen molar-refractivity contribution in [1.29, 1.82) is 0 Å². The van der Waals surface area contributed by atoms with Gasteiger partial charge in [-0.25, -0.2) is 8.78 Å². The molecule has 4 rings (SSSR count). The lowest BCUT2D eigenvalue weighted by molar-refractivity contribution is -0.122. The number of likely N-dealkylation sites (tertiary alicyclic amines) is 1. The van der Waals surface area contributed by atoms with Gasteiger partial charge in [-0.1, -0.05) is 41.9 Å². The molecule has 5 nitrogen and oxygen atoms in total. The predicted molar refractivity (Wildman–Crippen MR) is 117 cm³/mol. The highest BCUT2D eigenvalue weighted by Gasteiger charge is 2.24. The molecule has 32 heavy (non-hydrogen) atoms. The number of ether oxygens (including phenoxy) is 1. The maximum atomic E-state index is 14.7. The molecule has 0 bridgehead atoms. The van der Waals surface area contributed by atoms with E-state index in [0.29, 0.717) is 29.4 Å². The van der Waals surface area contributed by atoms with E-state index in [1.807, 2.05) is 30.3 Å². The Labute approximate surface area is 188 Å². The Morgan fingerprint density at radius 1 is 0.969 bits per heavy atom. The molecule has 0 atom stereocenters. The molecule has 0 unspecified atom stereocenters. The summed E-state index contributed by atoms with van der Waals surface area (Å²) >= 11 is 6.11. The Morgan fingerprint density at radius 3 is 2.28 bits per heavy atom. The smallest absolute Gasteiger partial charge is 0.290 e. The molecule has 166 valence electrons. The lowest BCUT2D eigenvalue weighted by atomic mass is 10.0. The van der Waals surface area contributed by atoms with Gasteiger partial charge in [0.1, 0.15) is 11.6 Å². The Morgan fingerprint density at radius 2 is 1.62 bits per heavy atom. The number of hydrogen-bond donors (Lipinski definition) is 1. The number of benzene rings is 3. The Hall–Kier alpha value is -3.45. The number of carboxylic acid groups (broad SMARTS) is 1. The standard InChI is InChI=1S/C23H18ClF2NO2.CH2O2/c24-16-8-9-21(17(12-16)15-6-2-1-3-7-15)29-22-14-19(25)18(13-20(22)26)23(28)27-10-4-5-11-27;2-1-3/h1-3,6-9,12-14H,4-5,10-11H2;1H,(H,2,3). The van der Waals surface area contributed by atoms with Crippen LogP contribution in [0.4, 0.5) is 8.78 Å². The number of carbonyl (C=O) groups is 2. The summed E-state index contributed by atoms with van der Waals surface area (Å²) < 4.78 is 35.0. The topological polar surface area (TPSA) is 66.8 Å². The molecule has 3 aromatic carbocycles. The van der Waals surface area contributed by atoms with Crippen LogP contribution in [0.25, 0.3) is 11.1 Å². The fourth-order valence-electron chi connectivity index (χ4n) is 3.41. The summed E-state index contributed by atoms with van der Waals surface area (Å²) in [5.74, 6) is -2.07. The van der Waals surface area contributed by atoms with Crippen LogP contribution >= 0.6 is 11.6 Å². The molecule has 1 aliphatic rings. The second kappa shape index (κ2) is 10.7. The molecule has 3 aromatic rings. The van der Waals surface area contributed by atoms with E-state index in [-0.39, 0.29) is 17.8 Å². The predicted octanol–water partition coefficient (Wildman–Crippen LogP) is 6.01. The monoisotopic (exact) mass is 459 g/mol. The summed E-state index contributed by atoms with van der Waals surface area (Å²) in [7, 11) is 0. The van der Waals surface area contributed by atoms with Crippen LogP contribution < -0.4 is 4.74 Å². The number of carbonyl (C=O) groups excluding carboxylic acids is 1. The quantitative estimate of drug-likeness (QED) is 0.485. The summed E-state index contributed by atoms with van der Waals surface area (Å²) in [5, 5.41) is 7.38. The van der Waals surface area contributed by atoms with Crippen molar-refractivity contribution in [3.63, 3.8) is 0 Å². The minimum absolute atomic E-state index is 0.250. The average molecular weight is 460 g/mol. The number of halogens is 3. The van der Waals surface area contributed by atoms with Gasteiger partial charge in [-0.15, -0.1) is 0 Å². The maximum absolute atomic E-state index is 14.7. The van der Waals surface area contributed by atoms with Gasteiger partial charge < -0.3 is 14.7 Å². The van der Waals surface area contributed by atoms with Crippen molar-refractivity contribution in [3.05, 3.63) is 82.9 Å². The first kappa shape index (κ1) is 23.2. The average Bonchev–Trinajstić information content (AvgIpc) is 3.33. The van der Waals surface area contributed by atoms with Gasteiger partial charge in [0.2, 0.25) is 0 Å². The van der Waals surface area contributed by atoms with Gasteiger partial charge in [-0.05, 0) is 42.7 Å². The van der Waals surface area contributed by atoms with Gasteiger partial charge in [0, 0.05) is 29.7 Å². The summed E-state index contributed by atoms with van der Waals surface area (Å²) in [6, 6.07) is 16.1. The van der Waals surface area contributed by atoms with E-state index in [0.717, 1.165) is 30.5 Å². The zero-order valence-electron chi connectivity index (χ0n) is 16.9. The van der Waals surface area contributed by atoms with Gasteiger partial charge in [-0.2, -0.15) is 0 Å². The number of amides is 1. The summed E-state index contributed by atoms with van der Waals surface area (Å²) in [6.07, 6.45) is 1.74. The van der Waals surface area contributed by atoms with Crippen LogP contribution in [-0.4, -0.2) is 35.5 Å². The number of nitrogens with zero attached hydrogens (tertiary/aromatic N) is 1. The summed E-state index contributed by atoms with van der Waals surface area (Å²) in [5.41, 5.74) is 1.19. The van der Waals surface area contributed by atoms with Crippen molar-refractivity contribution < 1.29 is 28.2 Å². The van der Waals surface area contributed by atoms with Crippen molar-refractivity contribution in [2.75, 3.05) is 13.1 Å². The van der Waals surface area contributed by atoms with Gasteiger partial charge in [-0.3, -0.25) is 9.59 Å². The van der Waals surface area contributed by atoms with E-state index < -0.39 is 17.5 Å². The molecule has 1 saturated heterocycles. The molecule has 0 radical (unpaired) electrons. The minimum atomic E-state index is -0.812. The van der Waals surface area contributed by atoms with E-state index in [4.69, 9.17) is 26.2 Å². The second-order valence-corrected chi connectivity index (χ2v) is 7.41. The van der Waals surface area contributed by atoms with Crippen molar-refractivity contribution in [3.8, 4) is 22.6 Å². The fraction of sp³-hybridized carbons (Fsp3) is 0.167. The largest absolute Gasteiger partial charge is 0.483 e. The van der Waals surface area contributed by atoms with Crippen molar-refractivity contribution in [1.82, 2.24) is 4.90 Å². The molecular formula is C24H20ClF2NO4. The SMILES string of the molecule is O=C(c1cc(F)c(Oc2ccc(Cl)cc2-c2ccccc2)cc1F)N1CCCC1.O=CO. The molecule has 8 heteroatoms. The Bertz CT molecular complexity index is 1100. The van der Waals surface area contributed by atoms with Gasteiger partial charge in [0.05, 0.1) is 5.56 Å². The van der Waals surface area contributed by atoms with E-state index >= 15 is 0 Å². The van der Waals surface area contributed by atoms with Crippen LogP contribution in [0.5, 0.6) is 11.5 Å². The molecule has 1 fully saturated rings. The van der Waals surface area contributed by atoms with E-state index in [1.54, 1.807) is 18.2 Å². The van der Waals surface area contributed by atoms with Crippen LogP contribution in [0.1, 0.15) is 23.2 Å². The summed E-state index contributed by atoms with van der Waals surface area (Å²) in [4.78, 5) is 22.3. The first-order chi connectivity index (χ1) is 15.4. The molecule has 1 heterocycles. The Kier molecular flexibility index (Phi) is 7.78. The first-order valence-electron chi connectivity index (χ1n) is 9.83. The van der Waals surface area contributed by atoms with Crippen LogP contribution in [0, 0.1) is 11.6 Å². The fourth-order valence-corrected chi connectivity index (χ4v) is 3.59. The van der Waals surface area contributed by atoms with Gasteiger partial charge in [0.15, 0.2) is 11.6 Å². The summed E-state index contributed by atoms with van der Waals surface area (Å²) in [6.45, 7) is 0.868. The van der Waals surface area contributed by atoms with E-state index in [1.165, 1.54) is 4.90 Å². The van der Waals surface area contributed by atoms with E-state index in [2.05, 4.69) is 0 Å². The molecule has 0 aromatic heterocycles. The highest BCUT2D eigenvalue weighted by atomic mass is 35.5. The highest BCUT2D eigenvalue weighted by Crippen LogP contribution is 2.37. The lowest BCUT2D eigenvalue weighted by Crippen LogP contribution is -2.28. The molecule has 0 spiro atoms. The lowest BCUT2D eigenvalue weighted by Gasteiger charge is -2.17.